The van der Waals surface area contributed by atoms with Gasteiger partial charge in [0.15, 0.2) is 0 Å². The Balaban J connectivity index is 1.66. The molecule has 0 radical (unpaired) electrons. The highest BCUT2D eigenvalue weighted by Gasteiger charge is 2.35. The molecule has 1 aliphatic rings. The molecule has 0 aliphatic carbocycles. The summed E-state index contributed by atoms with van der Waals surface area (Å²) >= 11 is 14.3. The Morgan fingerprint density at radius 1 is 1.17 bits per heavy atom. The molecule has 0 fully saturated rings. The molecule has 0 spiro atoms. The lowest BCUT2D eigenvalue weighted by Gasteiger charge is -2.38. The van der Waals surface area contributed by atoms with E-state index in [9.17, 15) is 19.7 Å². The predicted octanol–water partition coefficient (Wildman–Crippen LogP) is 6.30. The summed E-state index contributed by atoms with van der Waals surface area (Å²) < 4.78 is 0. The maximum absolute atomic E-state index is 13.7. The molecular weight excluding hydrogens is 521 g/mol. The lowest BCUT2D eigenvalue weighted by atomic mass is 9.93. The normalized spacial score (nSPS) is 15.1. The van der Waals surface area contributed by atoms with E-state index in [4.69, 9.17) is 23.2 Å². The lowest BCUT2D eigenvalue weighted by Crippen LogP contribution is -2.48. The maximum atomic E-state index is 13.7. The van der Waals surface area contributed by atoms with Crippen molar-refractivity contribution in [2.45, 2.75) is 39.3 Å². The molecule has 2 amide bonds. The maximum Gasteiger partial charge on any atom is 0.273 e. The number of aryl methyl sites for hydroxylation is 1. The van der Waals surface area contributed by atoms with E-state index < -0.39 is 16.9 Å². The number of halogens is 2. The van der Waals surface area contributed by atoms with E-state index >= 15 is 0 Å². The number of benzene rings is 2. The number of nitro groups is 1. The molecular formula is C26H25Cl2N3O4S. The van der Waals surface area contributed by atoms with Gasteiger partial charge >= 0.3 is 0 Å². The van der Waals surface area contributed by atoms with Crippen molar-refractivity contribution in [1.82, 2.24) is 9.80 Å². The second kappa shape index (κ2) is 10.6. The zero-order valence-electron chi connectivity index (χ0n) is 20.0. The van der Waals surface area contributed by atoms with Gasteiger partial charge in [-0.15, -0.1) is 11.3 Å². The summed E-state index contributed by atoms with van der Waals surface area (Å²) in [6.07, 6.45) is 0.709. The minimum Gasteiger partial charge on any atom is -0.330 e. The number of fused-ring (bicyclic) bond motifs is 1. The Bertz CT molecular complexity index is 1340. The minimum atomic E-state index is -0.510. The van der Waals surface area contributed by atoms with Gasteiger partial charge in [0.2, 0.25) is 5.91 Å². The van der Waals surface area contributed by atoms with Crippen molar-refractivity contribution in [1.29, 1.82) is 0 Å². The summed E-state index contributed by atoms with van der Waals surface area (Å²) in [5.74, 6) is -0.665. The van der Waals surface area contributed by atoms with Crippen LogP contribution in [0.5, 0.6) is 0 Å². The van der Waals surface area contributed by atoms with Gasteiger partial charge in [0.05, 0.1) is 11.0 Å². The van der Waals surface area contributed by atoms with Crippen molar-refractivity contribution in [2.24, 2.45) is 0 Å². The van der Waals surface area contributed by atoms with Crippen molar-refractivity contribution in [2.75, 3.05) is 13.1 Å². The number of amides is 2. The fourth-order valence-corrected chi connectivity index (χ4v) is 5.89. The molecule has 4 rings (SSSR count). The zero-order valence-corrected chi connectivity index (χ0v) is 22.4. The predicted molar refractivity (Wildman–Crippen MR) is 142 cm³/mol. The molecule has 36 heavy (non-hydrogen) atoms. The van der Waals surface area contributed by atoms with Crippen molar-refractivity contribution in [3.8, 4) is 0 Å². The number of nitrogens with zero attached hydrogens (tertiary/aromatic N) is 3. The fourth-order valence-electron chi connectivity index (χ4n) is 4.47. The van der Waals surface area contributed by atoms with Gasteiger partial charge in [0.25, 0.3) is 11.6 Å². The summed E-state index contributed by atoms with van der Waals surface area (Å²) in [7, 11) is 0. The van der Waals surface area contributed by atoms with Crippen LogP contribution in [-0.4, -0.2) is 45.7 Å². The van der Waals surface area contributed by atoms with Crippen molar-refractivity contribution in [3.63, 3.8) is 0 Å². The Morgan fingerprint density at radius 3 is 2.58 bits per heavy atom. The van der Waals surface area contributed by atoms with E-state index in [0.29, 0.717) is 28.6 Å². The molecule has 188 valence electrons. The van der Waals surface area contributed by atoms with Gasteiger partial charge in [-0.2, -0.15) is 0 Å². The third-order valence-corrected chi connectivity index (χ3v) is 7.94. The number of carbonyl (C=O) groups is 2. The number of hydrogen-bond acceptors (Lipinski definition) is 5. The quantitative estimate of drug-likeness (QED) is 0.269. The second-order valence-corrected chi connectivity index (χ2v) is 10.8. The molecule has 0 N–H and O–H groups in total. The molecule has 0 bridgehead atoms. The highest BCUT2D eigenvalue weighted by Crippen LogP contribution is 2.41. The number of thiophene rings is 1. The lowest BCUT2D eigenvalue weighted by molar-refractivity contribution is -0.385. The van der Waals surface area contributed by atoms with Gasteiger partial charge in [-0.3, -0.25) is 19.7 Å². The van der Waals surface area contributed by atoms with Crippen molar-refractivity contribution in [3.05, 3.63) is 95.1 Å². The van der Waals surface area contributed by atoms with Crippen LogP contribution in [0, 0.1) is 17.0 Å². The Morgan fingerprint density at radius 2 is 1.92 bits per heavy atom. The minimum absolute atomic E-state index is 0.130. The highest BCUT2D eigenvalue weighted by atomic mass is 35.5. The number of hydrogen-bond donors (Lipinski definition) is 0. The third-order valence-electron chi connectivity index (χ3n) is 6.39. The smallest absolute Gasteiger partial charge is 0.273 e. The Labute approximate surface area is 223 Å². The molecule has 10 heteroatoms. The number of rotatable bonds is 6. The van der Waals surface area contributed by atoms with E-state index in [0.717, 1.165) is 11.1 Å². The van der Waals surface area contributed by atoms with Crippen molar-refractivity contribution >= 4 is 52.0 Å². The van der Waals surface area contributed by atoms with Gasteiger partial charge in [0.1, 0.15) is 6.54 Å². The summed E-state index contributed by atoms with van der Waals surface area (Å²) in [5.41, 5.74) is 2.29. The fraction of sp³-hybridized carbons (Fsp3) is 0.308. The molecule has 1 atom stereocenters. The standard InChI is InChI=1S/C26H25Cl2N3O4S/c1-15(2)30(26(33)17-5-4-16(3)22(12-17)31(34)35)14-24(32)29-10-8-23-20(9-11-36-23)25(29)19-7-6-18(27)13-21(19)28/h4-7,9,11-13,15,25H,8,10,14H2,1-3H3. The average Bonchev–Trinajstić information content (AvgIpc) is 3.30. The van der Waals surface area contributed by atoms with E-state index in [2.05, 4.69) is 0 Å². The molecule has 2 aromatic carbocycles. The van der Waals surface area contributed by atoms with E-state index in [-0.39, 0.29) is 29.7 Å². The molecule has 1 unspecified atom stereocenters. The van der Waals surface area contributed by atoms with Crippen LogP contribution < -0.4 is 0 Å². The van der Waals surface area contributed by atoms with Crippen LogP contribution in [0.3, 0.4) is 0 Å². The zero-order chi connectivity index (χ0) is 26.1. The van der Waals surface area contributed by atoms with Crippen LogP contribution >= 0.6 is 34.5 Å². The molecule has 3 aromatic rings. The van der Waals surface area contributed by atoms with E-state index in [1.165, 1.54) is 15.8 Å². The van der Waals surface area contributed by atoms with Crippen LogP contribution in [0.15, 0.2) is 47.8 Å². The first-order valence-electron chi connectivity index (χ1n) is 11.4. The molecule has 1 aliphatic heterocycles. The second-order valence-electron chi connectivity index (χ2n) is 8.99. The van der Waals surface area contributed by atoms with Crippen LogP contribution in [0.2, 0.25) is 10.0 Å². The first-order chi connectivity index (χ1) is 17.1. The molecule has 7 nitrogen and oxygen atoms in total. The van der Waals surface area contributed by atoms with E-state index in [1.54, 1.807) is 47.4 Å². The van der Waals surface area contributed by atoms with Crippen LogP contribution in [0.4, 0.5) is 5.69 Å². The molecule has 1 aromatic heterocycles. The molecule has 2 heterocycles. The SMILES string of the molecule is Cc1ccc(C(=O)N(CC(=O)N2CCc3sccc3C2c2ccc(Cl)cc2Cl)C(C)C)cc1[N+](=O)[O-]. The van der Waals surface area contributed by atoms with Gasteiger partial charge in [0, 0.05) is 44.7 Å². The average molecular weight is 546 g/mol. The van der Waals surface area contributed by atoms with Gasteiger partial charge in [-0.25, -0.2) is 0 Å². The van der Waals surface area contributed by atoms with E-state index in [1.807, 2.05) is 31.4 Å². The van der Waals surface area contributed by atoms with Crippen LogP contribution in [0.25, 0.3) is 0 Å². The van der Waals surface area contributed by atoms with Crippen molar-refractivity contribution < 1.29 is 14.5 Å². The Kier molecular flexibility index (Phi) is 7.68. The monoisotopic (exact) mass is 545 g/mol. The van der Waals surface area contributed by atoms with Crippen LogP contribution in [0.1, 0.15) is 51.8 Å². The number of nitro benzene ring substituents is 1. The highest BCUT2D eigenvalue weighted by molar-refractivity contribution is 7.10. The Hall–Kier alpha value is -2.94. The first-order valence-corrected chi connectivity index (χ1v) is 13.1. The third kappa shape index (κ3) is 5.12. The first kappa shape index (κ1) is 26.1. The van der Waals surface area contributed by atoms with Crippen LogP contribution in [-0.2, 0) is 11.2 Å². The molecule has 0 saturated carbocycles. The number of carbonyl (C=O) groups excluding carboxylic acids is 2. The summed E-state index contributed by atoms with van der Waals surface area (Å²) in [6, 6.07) is 10.9. The summed E-state index contributed by atoms with van der Waals surface area (Å²) in [5, 5.41) is 14.4. The van der Waals surface area contributed by atoms with Gasteiger partial charge in [-0.1, -0.05) is 35.3 Å². The topological polar surface area (TPSA) is 83.8 Å². The van der Waals surface area contributed by atoms with Gasteiger partial charge in [-0.05, 0) is 68.0 Å². The summed E-state index contributed by atoms with van der Waals surface area (Å²) in [4.78, 5) is 42.4. The summed E-state index contributed by atoms with van der Waals surface area (Å²) in [6.45, 7) is 5.56. The van der Waals surface area contributed by atoms with Gasteiger partial charge < -0.3 is 9.80 Å². The molecule has 0 saturated heterocycles. The largest absolute Gasteiger partial charge is 0.330 e.